The molecule has 0 aromatic heterocycles. The van der Waals surface area contributed by atoms with Gasteiger partial charge in [-0.05, 0) is 60.5 Å². The Morgan fingerprint density at radius 3 is 1.74 bits per heavy atom. The van der Waals surface area contributed by atoms with Gasteiger partial charge in [0.05, 0.1) is 14.2 Å². The largest absolute Gasteiger partial charge is 0.491 e. The number of rotatable bonds is 12. The standard InChI is InChI=1S/C30H37N3O6/c1-32(29(35)37-3)24-14-10-22(11-15-24)28(23-12-16-25(17-13-23)33(2)30(36)38-4)18-19-31-20-26(34)21-39-27-8-6-5-7-9-27/h5-17,26,28,31,34H,18-21H2,1-4H3/t26-/m0/s1. The smallest absolute Gasteiger partial charge is 0.413 e. The van der Waals surface area contributed by atoms with Crippen molar-refractivity contribution in [1.82, 2.24) is 5.32 Å². The number of benzene rings is 3. The summed E-state index contributed by atoms with van der Waals surface area (Å²) in [6, 6.07) is 24.9. The maximum atomic E-state index is 11.9. The fourth-order valence-corrected chi connectivity index (χ4v) is 4.15. The van der Waals surface area contributed by atoms with E-state index in [2.05, 4.69) is 5.32 Å². The van der Waals surface area contributed by atoms with Gasteiger partial charge in [0.1, 0.15) is 18.5 Å². The molecule has 0 aliphatic carbocycles. The van der Waals surface area contributed by atoms with E-state index in [9.17, 15) is 14.7 Å². The van der Waals surface area contributed by atoms with Crippen LogP contribution in [0.2, 0.25) is 0 Å². The summed E-state index contributed by atoms with van der Waals surface area (Å²) in [4.78, 5) is 26.7. The number of anilines is 2. The molecule has 0 spiro atoms. The maximum Gasteiger partial charge on any atom is 0.413 e. The van der Waals surface area contributed by atoms with Crippen molar-refractivity contribution in [1.29, 1.82) is 0 Å². The normalized spacial score (nSPS) is 11.5. The lowest BCUT2D eigenvalue weighted by Gasteiger charge is -2.22. The number of para-hydroxylation sites is 1. The predicted octanol–water partition coefficient (Wildman–Crippen LogP) is 4.64. The molecule has 9 heteroatoms. The number of carbonyl (C=O) groups is 2. The molecule has 0 unspecified atom stereocenters. The van der Waals surface area contributed by atoms with Gasteiger partial charge in [-0.2, -0.15) is 0 Å². The highest BCUT2D eigenvalue weighted by Gasteiger charge is 2.18. The number of hydrogen-bond donors (Lipinski definition) is 2. The van der Waals surface area contributed by atoms with Gasteiger partial charge in [0.15, 0.2) is 0 Å². The number of nitrogens with one attached hydrogen (secondary N) is 1. The molecule has 0 radical (unpaired) electrons. The van der Waals surface area contributed by atoms with Crippen molar-refractivity contribution in [2.24, 2.45) is 0 Å². The van der Waals surface area contributed by atoms with Crippen molar-refractivity contribution in [3.8, 4) is 5.75 Å². The lowest BCUT2D eigenvalue weighted by molar-refractivity contribution is 0.106. The monoisotopic (exact) mass is 535 g/mol. The molecule has 3 aromatic carbocycles. The van der Waals surface area contributed by atoms with Crippen LogP contribution in [0.3, 0.4) is 0 Å². The van der Waals surface area contributed by atoms with Gasteiger partial charge in [0.25, 0.3) is 0 Å². The Balaban J connectivity index is 1.68. The van der Waals surface area contributed by atoms with E-state index < -0.39 is 18.3 Å². The first kappa shape index (κ1) is 29.5. The van der Waals surface area contributed by atoms with Crippen LogP contribution in [0.5, 0.6) is 5.75 Å². The Morgan fingerprint density at radius 2 is 1.28 bits per heavy atom. The van der Waals surface area contributed by atoms with E-state index in [0.29, 0.717) is 13.1 Å². The van der Waals surface area contributed by atoms with Gasteiger partial charge in [0.2, 0.25) is 0 Å². The van der Waals surface area contributed by atoms with E-state index in [1.165, 1.54) is 24.0 Å². The molecule has 2 amide bonds. The zero-order chi connectivity index (χ0) is 28.2. The van der Waals surface area contributed by atoms with Crippen LogP contribution in [0.15, 0.2) is 78.9 Å². The lowest BCUT2D eigenvalue weighted by atomic mass is 9.88. The molecule has 2 N–H and O–H groups in total. The molecule has 1 atom stereocenters. The highest BCUT2D eigenvalue weighted by atomic mass is 16.5. The van der Waals surface area contributed by atoms with Crippen molar-refractivity contribution in [2.45, 2.75) is 18.4 Å². The SMILES string of the molecule is COC(=O)N(C)c1ccc(C(CCNC[C@H](O)COc2ccccc2)c2ccc(N(C)C(=O)OC)cc2)cc1. The van der Waals surface area contributed by atoms with Crippen molar-refractivity contribution in [3.05, 3.63) is 90.0 Å². The Bertz CT molecular complexity index is 1110. The first-order valence-electron chi connectivity index (χ1n) is 12.7. The Labute approximate surface area is 229 Å². The van der Waals surface area contributed by atoms with Crippen LogP contribution in [-0.4, -0.2) is 71.4 Å². The van der Waals surface area contributed by atoms with Crippen molar-refractivity contribution in [2.75, 3.05) is 57.8 Å². The zero-order valence-corrected chi connectivity index (χ0v) is 22.9. The maximum absolute atomic E-state index is 11.9. The first-order chi connectivity index (χ1) is 18.8. The minimum Gasteiger partial charge on any atom is -0.491 e. The molecular weight excluding hydrogens is 498 g/mol. The molecular formula is C30H37N3O6. The molecule has 3 rings (SSSR count). The van der Waals surface area contributed by atoms with E-state index in [1.54, 1.807) is 14.1 Å². The van der Waals surface area contributed by atoms with Crippen LogP contribution >= 0.6 is 0 Å². The summed E-state index contributed by atoms with van der Waals surface area (Å²) in [5.41, 5.74) is 3.58. The molecule has 208 valence electrons. The lowest BCUT2D eigenvalue weighted by Crippen LogP contribution is -2.32. The number of hydrogen-bond acceptors (Lipinski definition) is 7. The molecule has 0 saturated carbocycles. The number of carbonyl (C=O) groups excluding carboxylic acids is 2. The van der Waals surface area contributed by atoms with Gasteiger partial charge >= 0.3 is 12.2 Å². The zero-order valence-electron chi connectivity index (χ0n) is 22.9. The second-order valence-corrected chi connectivity index (χ2v) is 9.06. The predicted molar refractivity (Wildman–Crippen MR) is 152 cm³/mol. The molecule has 0 bridgehead atoms. The third-order valence-corrected chi connectivity index (χ3v) is 6.44. The van der Waals surface area contributed by atoms with Crippen LogP contribution in [0.4, 0.5) is 21.0 Å². The van der Waals surface area contributed by atoms with Crippen LogP contribution in [0.1, 0.15) is 23.5 Å². The van der Waals surface area contributed by atoms with Gasteiger partial charge in [-0.3, -0.25) is 9.80 Å². The molecule has 0 aliphatic rings. The van der Waals surface area contributed by atoms with Gasteiger partial charge in [-0.1, -0.05) is 42.5 Å². The third-order valence-electron chi connectivity index (χ3n) is 6.44. The van der Waals surface area contributed by atoms with E-state index >= 15 is 0 Å². The summed E-state index contributed by atoms with van der Waals surface area (Å²) >= 11 is 0. The summed E-state index contributed by atoms with van der Waals surface area (Å²) in [6.45, 7) is 1.25. The highest BCUT2D eigenvalue weighted by Crippen LogP contribution is 2.31. The highest BCUT2D eigenvalue weighted by molar-refractivity contribution is 5.87. The molecule has 0 fully saturated rings. The number of aliphatic hydroxyl groups is 1. The summed E-state index contributed by atoms with van der Waals surface area (Å²) in [5, 5.41) is 13.7. The summed E-state index contributed by atoms with van der Waals surface area (Å²) in [6.07, 6.45) is -0.776. The Morgan fingerprint density at radius 1 is 0.795 bits per heavy atom. The number of amides is 2. The average Bonchev–Trinajstić information content (AvgIpc) is 2.99. The third kappa shape index (κ3) is 8.46. The minimum atomic E-state index is -0.648. The van der Waals surface area contributed by atoms with Crippen LogP contribution < -0.4 is 19.9 Å². The van der Waals surface area contributed by atoms with E-state index in [0.717, 1.165) is 34.7 Å². The number of aliphatic hydroxyl groups excluding tert-OH is 1. The number of methoxy groups -OCH3 is 2. The van der Waals surface area contributed by atoms with Gasteiger partial charge < -0.3 is 24.6 Å². The topological polar surface area (TPSA) is 101 Å². The van der Waals surface area contributed by atoms with Gasteiger partial charge in [-0.15, -0.1) is 0 Å². The second kappa shape index (κ2) is 14.8. The molecule has 0 saturated heterocycles. The van der Waals surface area contributed by atoms with Crippen LogP contribution in [0.25, 0.3) is 0 Å². The minimum absolute atomic E-state index is 0.0326. The quantitative estimate of drug-likeness (QED) is 0.326. The molecule has 9 nitrogen and oxygen atoms in total. The Kier molecular flexibility index (Phi) is 11.1. The molecule has 0 aliphatic heterocycles. The second-order valence-electron chi connectivity index (χ2n) is 9.06. The van der Waals surface area contributed by atoms with E-state index in [4.69, 9.17) is 14.2 Å². The van der Waals surface area contributed by atoms with Crippen molar-refractivity contribution < 1.29 is 28.9 Å². The molecule has 3 aromatic rings. The van der Waals surface area contributed by atoms with Gasteiger partial charge in [0, 0.05) is 37.9 Å². The van der Waals surface area contributed by atoms with Crippen LogP contribution in [-0.2, 0) is 9.47 Å². The first-order valence-corrected chi connectivity index (χ1v) is 12.7. The van der Waals surface area contributed by atoms with E-state index in [-0.39, 0.29) is 12.5 Å². The van der Waals surface area contributed by atoms with Crippen LogP contribution in [0, 0.1) is 0 Å². The number of nitrogens with zero attached hydrogens (tertiary/aromatic N) is 2. The summed E-state index contributed by atoms with van der Waals surface area (Å²) in [5.74, 6) is 0.754. The summed E-state index contributed by atoms with van der Waals surface area (Å²) < 4.78 is 15.2. The molecule has 39 heavy (non-hydrogen) atoms. The van der Waals surface area contributed by atoms with Crippen molar-refractivity contribution >= 4 is 23.6 Å². The summed E-state index contributed by atoms with van der Waals surface area (Å²) in [7, 11) is 6.02. The fourth-order valence-electron chi connectivity index (χ4n) is 4.15. The number of ether oxygens (including phenoxy) is 3. The average molecular weight is 536 g/mol. The molecule has 0 heterocycles. The van der Waals surface area contributed by atoms with E-state index in [1.807, 2.05) is 78.9 Å². The Hall–Kier alpha value is -4.08. The van der Waals surface area contributed by atoms with Gasteiger partial charge in [-0.25, -0.2) is 9.59 Å². The fraction of sp³-hybridized carbons (Fsp3) is 0.333. The van der Waals surface area contributed by atoms with Crippen molar-refractivity contribution in [3.63, 3.8) is 0 Å².